The van der Waals surface area contributed by atoms with Crippen molar-refractivity contribution in [1.82, 2.24) is 10.2 Å². The lowest BCUT2D eigenvalue weighted by Crippen LogP contribution is -2.43. The van der Waals surface area contributed by atoms with E-state index in [-0.39, 0.29) is 11.3 Å². The first-order chi connectivity index (χ1) is 14.2. The van der Waals surface area contributed by atoms with Gasteiger partial charge in [-0.1, -0.05) is 19.9 Å². The van der Waals surface area contributed by atoms with Crippen LogP contribution >= 0.6 is 0 Å². The summed E-state index contributed by atoms with van der Waals surface area (Å²) < 4.78 is 0. The van der Waals surface area contributed by atoms with Crippen LogP contribution in [0.1, 0.15) is 38.3 Å². The number of nitrogens with two attached hydrogens (primary N) is 1. The monoisotopic (exact) mass is 408 g/mol. The molecule has 0 aliphatic carbocycles. The van der Waals surface area contributed by atoms with Crippen molar-refractivity contribution in [3.63, 3.8) is 0 Å². The number of fused-ring (bicyclic) bond motifs is 1. The van der Waals surface area contributed by atoms with Crippen LogP contribution in [0.2, 0.25) is 0 Å². The van der Waals surface area contributed by atoms with Crippen molar-refractivity contribution >= 4 is 29.2 Å². The smallest absolute Gasteiger partial charge is 0.219 e. The van der Waals surface area contributed by atoms with Crippen LogP contribution in [-0.4, -0.2) is 56.6 Å². The van der Waals surface area contributed by atoms with Gasteiger partial charge in [0.05, 0.1) is 6.54 Å². The number of amides is 1. The molecule has 0 saturated carbocycles. The maximum atomic E-state index is 11.9. The Kier molecular flexibility index (Phi) is 6.01. The molecule has 0 saturated heterocycles. The van der Waals surface area contributed by atoms with Crippen LogP contribution in [0.15, 0.2) is 40.7 Å². The van der Waals surface area contributed by atoms with E-state index in [1.54, 1.807) is 31.3 Å². The van der Waals surface area contributed by atoms with Crippen molar-refractivity contribution in [1.29, 1.82) is 5.41 Å². The Morgan fingerprint density at radius 1 is 1.37 bits per heavy atom. The lowest BCUT2D eigenvalue weighted by atomic mass is 9.85. The molecule has 4 N–H and O–H groups in total. The number of rotatable bonds is 4. The van der Waals surface area contributed by atoms with Crippen molar-refractivity contribution in [3.05, 3.63) is 46.8 Å². The van der Waals surface area contributed by atoms with E-state index in [4.69, 9.17) is 11.1 Å². The third kappa shape index (κ3) is 3.84. The van der Waals surface area contributed by atoms with Gasteiger partial charge in [0.2, 0.25) is 5.91 Å². The zero-order valence-electron chi connectivity index (χ0n) is 18.5. The molecule has 0 spiro atoms. The summed E-state index contributed by atoms with van der Waals surface area (Å²) in [7, 11) is 3.61. The molecule has 0 bridgehead atoms. The molecule has 3 rings (SSSR count). The lowest BCUT2D eigenvalue weighted by Gasteiger charge is -2.33. The number of hydrogen-bond donors (Lipinski definition) is 3. The molecular weight excluding hydrogens is 376 g/mol. The Balaban J connectivity index is 2.01. The predicted molar refractivity (Wildman–Crippen MR) is 124 cm³/mol. The first-order valence-electron chi connectivity index (χ1n) is 10.2. The molecule has 1 amide bonds. The van der Waals surface area contributed by atoms with E-state index in [1.807, 2.05) is 13.1 Å². The topological polar surface area (TPSA) is 97.8 Å². The number of hydrogen-bond acceptors (Lipinski definition) is 5. The van der Waals surface area contributed by atoms with Crippen LogP contribution in [0, 0.1) is 5.41 Å². The fraction of sp³-hybridized carbons (Fsp3) is 0.435. The highest BCUT2D eigenvalue weighted by Gasteiger charge is 2.39. The summed E-state index contributed by atoms with van der Waals surface area (Å²) in [6.45, 7) is 7.82. The number of carbonyl (C=O) groups is 1. The minimum absolute atomic E-state index is 0.0425. The molecule has 0 unspecified atom stereocenters. The van der Waals surface area contributed by atoms with Crippen molar-refractivity contribution in [2.24, 2.45) is 10.7 Å². The van der Waals surface area contributed by atoms with E-state index in [2.05, 4.69) is 41.2 Å². The summed E-state index contributed by atoms with van der Waals surface area (Å²) in [6.07, 6.45) is 4.06. The van der Waals surface area contributed by atoms with E-state index in [0.29, 0.717) is 25.5 Å². The molecule has 7 nitrogen and oxygen atoms in total. The molecule has 30 heavy (non-hydrogen) atoms. The molecule has 1 aromatic carbocycles. The van der Waals surface area contributed by atoms with E-state index < -0.39 is 0 Å². The van der Waals surface area contributed by atoms with Crippen molar-refractivity contribution in [3.8, 4) is 0 Å². The minimum Gasteiger partial charge on any atom is -0.404 e. The van der Waals surface area contributed by atoms with Crippen LogP contribution < -0.4 is 16.0 Å². The molecule has 0 fully saturated rings. The van der Waals surface area contributed by atoms with Crippen molar-refractivity contribution in [2.45, 2.75) is 32.6 Å². The van der Waals surface area contributed by atoms with Gasteiger partial charge in [-0.15, -0.1) is 0 Å². The Bertz CT molecular complexity index is 956. The van der Waals surface area contributed by atoms with Gasteiger partial charge in [-0.3, -0.25) is 15.2 Å². The second kappa shape index (κ2) is 8.34. The second-order valence-electron chi connectivity index (χ2n) is 8.46. The summed E-state index contributed by atoms with van der Waals surface area (Å²) >= 11 is 0. The molecular formula is C23H32N6O. The zero-order valence-corrected chi connectivity index (χ0v) is 18.5. The number of nitrogens with zero attached hydrogens (tertiary/aromatic N) is 3. The molecule has 0 radical (unpaired) electrons. The zero-order chi connectivity index (χ0) is 22.1. The van der Waals surface area contributed by atoms with Gasteiger partial charge in [0, 0.05) is 80.9 Å². The van der Waals surface area contributed by atoms with Crippen LogP contribution in [0.4, 0.5) is 5.69 Å². The number of allylic oxidation sites excluding steroid dienone is 1. The van der Waals surface area contributed by atoms with Gasteiger partial charge in [-0.2, -0.15) is 0 Å². The number of amidine groups is 1. The normalized spacial score (nSPS) is 18.8. The average Bonchev–Trinajstić information content (AvgIpc) is 3.01. The molecule has 160 valence electrons. The van der Waals surface area contributed by atoms with E-state index >= 15 is 0 Å². The van der Waals surface area contributed by atoms with E-state index in [1.165, 1.54) is 5.56 Å². The summed E-state index contributed by atoms with van der Waals surface area (Å²) in [6, 6.07) is 6.24. The SMILES string of the molecule is CN=CC(=CN)c1ccc2c(c1)C(C)(C)CN2C(=N)C1=C(NC)CCN(C(C)=O)C1. The summed E-state index contributed by atoms with van der Waals surface area (Å²) in [5.74, 6) is 0.496. The van der Waals surface area contributed by atoms with Gasteiger partial charge in [0.25, 0.3) is 0 Å². The predicted octanol–water partition coefficient (Wildman–Crippen LogP) is 2.49. The molecule has 7 heteroatoms. The Morgan fingerprint density at radius 3 is 2.70 bits per heavy atom. The number of anilines is 1. The molecule has 2 heterocycles. The second-order valence-corrected chi connectivity index (χ2v) is 8.46. The van der Waals surface area contributed by atoms with Gasteiger partial charge in [-0.05, 0) is 23.3 Å². The van der Waals surface area contributed by atoms with Crippen LogP contribution in [0.25, 0.3) is 5.57 Å². The fourth-order valence-corrected chi connectivity index (χ4v) is 4.30. The maximum absolute atomic E-state index is 11.9. The quantitative estimate of drug-likeness (QED) is 0.527. The summed E-state index contributed by atoms with van der Waals surface area (Å²) in [5, 5.41) is 12.3. The highest BCUT2D eigenvalue weighted by Crippen LogP contribution is 2.42. The third-order valence-corrected chi connectivity index (χ3v) is 6.00. The summed E-state index contributed by atoms with van der Waals surface area (Å²) in [4.78, 5) is 19.9. The maximum Gasteiger partial charge on any atom is 0.219 e. The van der Waals surface area contributed by atoms with Crippen LogP contribution in [-0.2, 0) is 10.2 Å². The average molecular weight is 409 g/mol. The van der Waals surface area contributed by atoms with Crippen LogP contribution in [0.5, 0.6) is 0 Å². The highest BCUT2D eigenvalue weighted by atomic mass is 16.2. The van der Waals surface area contributed by atoms with Crippen molar-refractivity contribution < 1.29 is 4.79 Å². The number of aliphatic imine (C=N–C) groups is 1. The number of nitrogens with one attached hydrogen (secondary N) is 2. The molecule has 0 aromatic heterocycles. The third-order valence-electron chi connectivity index (χ3n) is 6.00. The van der Waals surface area contributed by atoms with Gasteiger partial charge >= 0.3 is 0 Å². The fourth-order valence-electron chi connectivity index (χ4n) is 4.30. The molecule has 1 aromatic rings. The molecule has 2 aliphatic heterocycles. The molecule has 0 atom stereocenters. The standard InChI is InChI=1S/C23H32N6O/c1-15(30)28-9-8-20(27-5)18(13-28)22(25)29-14-23(2,3)19-10-16(6-7-21(19)29)17(11-24)12-26-4/h6-7,10-12,25,27H,8-9,13-14,24H2,1-5H3. The van der Waals surface area contributed by atoms with Gasteiger partial charge in [0.15, 0.2) is 0 Å². The Labute approximate surface area is 178 Å². The highest BCUT2D eigenvalue weighted by molar-refractivity contribution is 6.12. The van der Waals surface area contributed by atoms with Crippen molar-refractivity contribution in [2.75, 3.05) is 38.6 Å². The Morgan fingerprint density at radius 2 is 2.10 bits per heavy atom. The minimum atomic E-state index is -0.129. The van der Waals surface area contributed by atoms with E-state index in [9.17, 15) is 4.79 Å². The van der Waals surface area contributed by atoms with E-state index in [0.717, 1.165) is 34.5 Å². The van der Waals surface area contributed by atoms with Gasteiger partial charge in [-0.25, -0.2) is 0 Å². The number of carbonyl (C=O) groups excluding carboxylic acids is 1. The van der Waals surface area contributed by atoms with Gasteiger partial charge < -0.3 is 20.9 Å². The lowest BCUT2D eigenvalue weighted by molar-refractivity contribution is -0.128. The first-order valence-corrected chi connectivity index (χ1v) is 10.2. The largest absolute Gasteiger partial charge is 0.404 e. The Hall–Kier alpha value is -3.09. The molecule has 2 aliphatic rings. The summed E-state index contributed by atoms with van der Waals surface area (Å²) in [5.41, 5.74) is 11.7. The number of benzene rings is 1. The van der Waals surface area contributed by atoms with Crippen LogP contribution in [0.3, 0.4) is 0 Å². The first kappa shape index (κ1) is 21.6. The van der Waals surface area contributed by atoms with Gasteiger partial charge in [0.1, 0.15) is 5.84 Å².